The lowest BCUT2D eigenvalue weighted by Gasteiger charge is -2.18. The maximum atomic E-state index is 13.2. The quantitative estimate of drug-likeness (QED) is 0.845. The van der Waals surface area contributed by atoms with Crippen molar-refractivity contribution in [1.29, 1.82) is 0 Å². The number of nitrogens with zero attached hydrogens (tertiary/aromatic N) is 1. The standard InChI is InChI=1S/C13H14F2N2O4/c1-16-11(18)3-4-17(2)12(19)7-5-9(14)10(15)6-8(7)13(20)21/h5-6H,3-4H2,1-2H3,(H,16,18)(H,20,21). The summed E-state index contributed by atoms with van der Waals surface area (Å²) >= 11 is 0. The van der Waals surface area contributed by atoms with Crippen molar-refractivity contribution >= 4 is 17.8 Å². The number of carbonyl (C=O) groups excluding carboxylic acids is 2. The first-order chi connectivity index (χ1) is 9.77. The molecule has 6 nitrogen and oxygen atoms in total. The molecule has 1 rings (SSSR count). The predicted molar refractivity (Wildman–Crippen MR) is 69.0 cm³/mol. The van der Waals surface area contributed by atoms with Crippen molar-refractivity contribution in [1.82, 2.24) is 10.2 Å². The Balaban J connectivity index is 3.03. The highest BCUT2D eigenvalue weighted by molar-refractivity contribution is 6.04. The van der Waals surface area contributed by atoms with Crippen LogP contribution in [0.15, 0.2) is 12.1 Å². The van der Waals surface area contributed by atoms with Crippen LogP contribution in [0.4, 0.5) is 8.78 Å². The monoisotopic (exact) mass is 300 g/mol. The highest BCUT2D eigenvalue weighted by atomic mass is 19.2. The van der Waals surface area contributed by atoms with Gasteiger partial charge in [-0.2, -0.15) is 0 Å². The van der Waals surface area contributed by atoms with Gasteiger partial charge in [0.05, 0.1) is 11.1 Å². The first kappa shape index (κ1) is 16.5. The van der Waals surface area contributed by atoms with Crippen LogP contribution >= 0.6 is 0 Å². The Bertz CT molecular complexity index is 590. The van der Waals surface area contributed by atoms with Crippen molar-refractivity contribution in [3.63, 3.8) is 0 Å². The minimum Gasteiger partial charge on any atom is -0.478 e. The van der Waals surface area contributed by atoms with Gasteiger partial charge in [-0.05, 0) is 12.1 Å². The zero-order chi connectivity index (χ0) is 16.2. The summed E-state index contributed by atoms with van der Waals surface area (Å²) in [4.78, 5) is 35.2. The van der Waals surface area contributed by atoms with Gasteiger partial charge in [-0.3, -0.25) is 9.59 Å². The first-order valence-electron chi connectivity index (χ1n) is 5.96. The average Bonchev–Trinajstić information content (AvgIpc) is 2.45. The van der Waals surface area contributed by atoms with Crippen LogP contribution in [0.5, 0.6) is 0 Å². The molecule has 0 aromatic heterocycles. The summed E-state index contributed by atoms with van der Waals surface area (Å²) in [5, 5.41) is 11.3. The van der Waals surface area contributed by atoms with Gasteiger partial charge in [0.15, 0.2) is 11.6 Å². The number of hydrogen-bond acceptors (Lipinski definition) is 3. The van der Waals surface area contributed by atoms with Gasteiger partial charge in [-0.25, -0.2) is 13.6 Å². The van der Waals surface area contributed by atoms with Crippen LogP contribution < -0.4 is 5.32 Å². The molecule has 114 valence electrons. The number of amides is 2. The van der Waals surface area contributed by atoms with E-state index in [2.05, 4.69) is 5.32 Å². The van der Waals surface area contributed by atoms with Gasteiger partial charge < -0.3 is 15.3 Å². The lowest BCUT2D eigenvalue weighted by molar-refractivity contribution is -0.120. The number of carbonyl (C=O) groups is 3. The van der Waals surface area contributed by atoms with Crippen molar-refractivity contribution in [2.45, 2.75) is 6.42 Å². The molecule has 0 heterocycles. The van der Waals surface area contributed by atoms with E-state index >= 15 is 0 Å². The highest BCUT2D eigenvalue weighted by Crippen LogP contribution is 2.17. The summed E-state index contributed by atoms with van der Waals surface area (Å²) in [6.45, 7) is 0.0105. The number of hydrogen-bond donors (Lipinski definition) is 2. The average molecular weight is 300 g/mol. The van der Waals surface area contributed by atoms with Crippen LogP contribution in [-0.4, -0.2) is 48.4 Å². The maximum Gasteiger partial charge on any atom is 0.336 e. The molecule has 0 spiro atoms. The molecule has 21 heavy (non-hydrogen) atoms. The van der Waals surface area contributed by atoms with Crippen LogP contribution in [0, 0.1) is 11.6 Å². The molecule has 0 saturated heterocycles. The molecule has 2 N–H and O–H groups in total. The number of benzene rings is 1. The Hall–Kier alpha value is -2.51. The minimum absolute atomic E-state index is 0.00478. The van der Waals surface area contributed by atoms with E-state index in [1.807, 2.05) is 0 Å². The fraction of sp³-hybridized carbons (Fsp3) is 0.308. The van der Waals surface area contributed by atoms with Gasteiger partial charge in [0.1, 0.15) is 0 Å². The van der Waals surface area contributed by atoms with Crippen molar-refractivity contribution in [2.24, 2.45) is 0 Å². The van der Waals surface area contributed by atoms with Crippen LogP contribution in [0.1, 0.15) is 27.1 Å². The summed E-state index contributed by atoms with van der Waals surface area (Å²) in [7, 11) is 2.76. The van der Waals surface area contributed by atoms with E-state index < -0.39 is 34.6 Å². The van der Waals surface area contributed by atoms with E-state index in [1.54, 1.807) is 0 Å². The summed E-state index contributed by atoms with van der Waals surface area (Å²) in [5.74, 6) is -5.33. The van der Waals surface area contributed by atoms with Gasteiger partial charge in [-0.1, -0.05) is 0 Å². The Labute approximate surface area is 119 Å². The third-order valence-electron chi connectivity index (χ3n) is 2.82. The zero-order valence-electron chi connectivity index (χ0n) is 11.4. The van der Waals surface area contributed by atoms with Crippen LogP contribution in [0.25, 0.3) is 0 Å². The molecule has 0 fully saturated rings. The Kier molecular flexibility index (Phi) is 5.34. The smallest absolute Gasteiger partial charge is 0.336 e. The molecule has 8 heteroatoms. The zero-order valence-corrected chi connectivity index (χ0v) is 11.4. The van der Waals surface area contributed by atoms with Gasteiger partial charge in [-0.15, -0.1) is 0 Å². The van der Waals surface area contributed by atoms with E-state index in [-0.39, 0.29) is 18.9 Å². The molecule has 0 atom stereocenters. The second-order valence-electron chi connectivity index (χ2n) is 4.27. The normalized spacial score (nSPS) is 10.1. The van der Waals surface area contributed by atoms with E-state index in [1.165, 1.54) is 14.1 Å². The fourth-order valence-electron chi connectivity index (χ4n) is 1.60. The largest absolute Gasteiger partial charge is 0.478 e. The number of halogens is 2. The number of rotatable bonds is 5. The SMILES string of the molecule is CNC(=O)CCN(C)C(=O)c1cc(F)c(F)cc1C(=O)O. The van der Waals surface area contributed by atoms with E-state index in [0.29, 0.717) is 12.1 Å². The summed E-state index contributed by atoms with van der Waals surface area (Å²) in [6, 6.07) is 0.995. The second-order valence-corrected chi connectivity index (χ2v) is 4.27. The van der Waals surface area contributed by atoms with Crippen molar-refractivity contribution in [3.8, 4) is 0 Å². The lowest BCUT2D eigenvalue weighted by atomic mass is 10.1. The predicted octanol–water partition coefficient (Wildman–Crippen LogP) is 0.871. The van der Waals surface area contributed by atoms with Gasteiger partial charge >= 0.3 is 5.97 Å². The molecular formula is C13H14F2N2O4. The second kappa shape index (κ2) is 6.78. The molecule has 2 amide bonds. The van der Waals surface area contributed by atoms with Crippen molar-refractivity contribution < 1.29 is 28.3 Å². The Morgan fingerprint density at radius 1 is 1.19 bits per heavy atom. The molecule has 0 bridgehead atoms. The highest BCUT2D eigenvalue weighted by Gasteiger charge is 2.23. The Morgan fingerprint density at radius 3 is 2.19 bits per heavy atom. The van der Waals surface area contributed by atoms with Crippen LogP contribution in [0.3, 0.4) is 0 Å². The Morgan fingerprint density at radius 2 is 1.71 bits per heavy atom. The lowest BCUT2D eigenvalue weighted by Crippen LogP contribution is -2.32. The topological polar surface area (TPSA) is 86.7 Å². The third kappa shape index (κ3) is 3.98. The molecule has 0 saturated carbocycles. The minimum atomic E-state index is -1.54. The molecule has 0 radical (unpaired) electrons. The van der Waals surface area contributed by atoms with Crippen molar-refractivity contribution in [2.75, 3.05) is 20.6 Å². The van der Waals surface area contributed by atoms with Gasteiger partial charge in [0.25, 0.3) is 5.91 Å². The van der Waals surface area contributed by atoms with E-state index in [9.17, 15) is 23.2 Å². The van der Waals surface area contributed by atoms with E-state index in [0.717, 1.165) is 4.90 Å². The molecule has 0 aliphatic heterocycles. The first-order valence-corrected chi connectivity index (χ1v) is 5.96. The fourth-order valence-corrected chi connectivity index (χ4v) is 1.60. The molecular weight excluding hydrogens is 286 g/mol. The van der Waals surface area contributed by atoms with Crippen LogP contribution in [-0.2, 0) is 4.79 Å². The van der Waals surface area contributed by atoms with Gasteiger partial charge in [0.2, 0.25) is 5.91 Å². The number of carboxylic acid groups (broad SMARTS) is 1. The molecule has 0 aliphatic carbocycles. The number of carboxylic acids is 1. The molecule has 1 aromatic carbocycles. The van der Waals surface area contributed by atoms with Crippen molar-refractivity contribution in [3.05, 3.63) is 34.9 Å². The number of nitrogens with one attached hydrogen (secondary N) is 1. The molecule has 1 aromatic rings. The summed E-state index contributed by atoms with van der Waals surface area (Å²) in [6.07, 6.45) is 0.00478. The van der Waals surface area contributed by atoms with Gasteiger partial charge in [0, 0.05) is 27.1 Å². The maximum absolute atomic E-state index is 13.2. The number of aromatic carboxylic acids is 1. The molecule has 0 aliphatic rings. The molecule has 0 unspecified atom stereocenters. The van der Waals surface area contributed by atoms with E-state index in [4.69, 9.17) is 5.11 Å². The third-order valence-corrected chi connectivity index (χ3v) is 2.82. The summed E-state index contributed by atoms with van der Waals surface area (Å²) < 4.78 is 26.3. The van der Waals surface area contributed by atoms with Crippen LogP contribution in [0.2, 0.25) is 0 Å². The summed E-state index contributed by atoms with van der Waals surface area (Å²) in [5.41, 5.74) is -1.11.